The summed E-state index contributed by atoms with van der Waals surface area (Å²) in [5, 5.41) is 0. The monoisotopic (exact) mass is 289 g/mol. The van der Waals surface area contributed by atoms with E-state index >= 15 is 0 Å². The minimum atomic E-state index is -0.0959. The minimum Gasteiger partial charge on any atom is -0.294 e. The maximum absolute atomic E-state index is 11.9. The summed E-state index contributed by atoms with van der Waals surface area (Å²) < 4.78 is 0. The van der Waals surface area contributed by atoms with Gasteiger partial charge in [0.15, 0.2) is 5.78 Å². The van der Waals surface area contributed by atoms with Crippen LogP contribution in [0.2, 0.25) is 0 Å². The molecule has 2 aromatic carbocycles. The first kappa shape index (κ1) is 15.6. The molecule has 2 rings (SSSR count). The fourth-order valence-electron chi connectivity index (χ4n) is 2.05. The fraction of sp³-hybridized carbons (Fsp3) is 0.100. The lowest BCUT2D eigenvalue weighted by atomic mass is 10.1. The average molecular weight is 289 g/mol. The number of ketones is 1. The van der Waals surface area contributed by atoms with Crippen molar-refractivity contribution in [3.05, 3.63) is 89.5 Å². The smallest absolute Gasteiger partial charge is 0.229 e. The molecule has 0 heterocycles. The van der Waals surface area contributed by atoms with Crippen molar-refractivity contribution >= 4 is 18.1 Å². The van der Waals surface area contributed by atoms with Crippen molar-refractivity contribution in [2.24, 2.45) is 0 Å². The van der Waals surface area contributed by atoms with E-state index in [-0.39, 0.29) is 12.2 Å². The molecule has 0 spiro atoms. The van der Waals surface area contributed by atoms with Crippen LogP contribution in [0.1, 0.15) is 17.5 Å². The van der Waals surface area contributed by atoms with E-state index < -0.39 is 0 Å². The van der Waals surface area contributed by atoms with E-state index in [2.05, 4.69) is 0 Å². The normalized spacial score (nSPS) is 11.5. The number of carbonyl (C=O) groups is 1. The van der Waals surface area contributed by atoms with Gasteiger partial charge in [-0.05, 0) is 29.7 Å². The first-order valence-corrected chi connectivity index (χ1v) is 7.15. The van der Waals surface area contributed by atoms with Crippen molar-refractivity contribution in [3.63, 3.8) is 0 Å². The lowest BCUT2D eigenvalue weighted by molar-refractivity contribution is -0.113. The topological polar surface area (TPSA) is 34.1 Å². The second-order valence-corrected chi connectivity index (χ2v) is 4.92. The van der Waals surface area contributed by atoms with E-state index in [4.69, 9.17) is 0 Å². The molecule has 0 bridgehead atoms. The number of allylic oxidation sites excluding steroid dienone is 3. The lowest BCUT2D eigenvalue weighted by Crippen LogP contribution is -1.97. The third-order valence-electron chi connectivity index (χ3n) is 3.14. The Bertz CT molecular complexity index is 667. The van der Waals surface area contributed by atoms with Crippen LogP contribution in [0.4, 0.5) is 0 Å². The summed E-state index contributed by atoms with van der Waals surface area (Å²) in [5.74, 6) is -0.0959. The Morgan fingerprint density at radius 2 is 1.59 bits per heavy atom. The van der Waals surface area contributed by atoms with Gasteiger partial charge in [0, 0.05) is 12.0 Å². The summed E-state index contributed by atoms with van der Waals surface area (Å²) in [6, 6.07) is 19.3. The minimum absolute atomic E-state index is 0.0731. The molecule has 2 heteroatoms. The van der Waals surface area contributed by atoms with Crippen LogP contribution in [0.5, 0.6) is 0 Å². The molecule has 0 aliphatic heterocycles. The van der Waals surface area contributed by atoms with Crippen molar-refractivity contribution in [2.75, 3.05) is 0 Å². The molecule has 0 aromatic heterocycles. The third kappa shape index (κ3) is 5.33. The second-order valence-electron chi connectivity index (χ2n) is 4.92. The second kappa shape index (κ2) is 8.53. The number of hydrogen-bond donors (Lipinski definition) is 0. The van der Waals surface area contributed by atoms with Gasteiger partial charge in [-0.25, -0.2) is 0 Å². The Hall–Kier alpha value is -2.74. The standard InChI is InChI=1S/C20H17O2/c21-16-19(14-18-10-5-2-6-11-18)15-20(22)13-7-12-17-8-3-1-4-9-17/h1-11,13-14H,12,15H2. The van der Waals surface area contributed by atoms with Crippen molar-refractivity contribution in [1.29, 1.82) is 0 Å². The van der Waals surface area contributed by atoms with Crippen LogP contribution in [0.25, 0.3) is 6.08 Å². The van der Waals surface area contributed by atoms with Crippen LogP contribution in [-0.4, -0.2) is 12.1 Å². The molecule has 0 fully saturated rings. The van der Waals surface area contributed by atoms with E-state index in [1.165, 1.54) is 6.08 Å². The zero-order chi connectivity index (χ0) is 15.6. The Morgan fingerprint density at radius 3 is 2.23 bits per heavy atom. The number of rotatable bonds is 7. The van der Waals surface area contributed by atoms with Gasteiger partial charge in [-0.1, -0.05) is 66.7 Å². The van der Waals surface area contributed by atoms with Crippen LogP contribution >= 0.6 is 0 Å². The van der Waals surface area contributed by atoms with Crippen molar-refractivity contribution in [1.82, 2.24) is 0 Å². The summed E-state index contributed by atoms with van der Waals surface area (Å²) in [4.78, 5) is 22.9. The molecule has 1 radical (unpaired) electrons. The molecule has 0 saturated carbocycles. The van der Waals surface area contributed by atoms with Crippen LogP contribution in [0.3, 0.4) is 0 Å². The number of benzene rings is 2. The highest BCUT2D eigenvalue weighted by atomic mass is 16.1. The Balaban J connectivity index is 1.92. The largest absolute Gasteiger partial charge is 0.294 e. The van der Waals surface area contributed by atoms with Gasteiger partial charge >= 0.3 is 0 Å². The van der Waals surface area contributed by atoms with E-state index in [0.29, 0.717) is 12.0 Å². The maximum atomic E-state index is 11.9. The molecule has 0 amide bonds. The highest BCUT2D eigenvalue weighted by molar-refractivity contribution is 5.98. The summed E-state index contributed by atoms with van der Waals surface area (Å²) in [5.41, 5.74) is 2.40. The summed E-state index contributed by atoms with van der Waals surface area (Å²) in [6.07, 6.45) is 7.67. The first-order valence-electron chi connectivity index (χ1n) is 7.15. The molecule has 0 N–H and O–H groups in total. The molecule has 0 atom stereocenters. The van der Waals surface area contributed by atoms with Gasteiger partial charge < -0.3 is 0 Å². The third-order valence-corrected chi connectivity index (χ3v) is 3.14. The SMILES string of the molecule is O=[C]C(=Cc1ccccc1)CC(=O)C=CCc1ccccc1. The van der Waals surface area contributed by atoms with Gasteiger partial charge in [-0.15, -0.1) is 0 Å². The van der Waals surface area contributed by atoms with Gasteiger partial charge in [-0.3, -0.25) is 9.59 Å². The lowest BCUT2D eigenvalue weighted by Gasteiger charge is -1.97. The Kier molecular flexibility index (Phi) is 6.06. The molecule has 22 heavy (non-hydrogen) atoms. The molecule has 0 aliphatic carbocycles. The van der Waals surface area contributed by atoms with Crippen LogP contribution in [0, 0.1) is 0 Å². The first-order chi connectivity index (χ1) is 10.8. The number of carbonyl (C=O) groups excluding carboxylic acids is 2. The van der Waals surface area contributed by atoms with Crippen LogP contribution in [-0.2, 0) is 16.0 Å². The van der Waals surface area contributed by atoms with Crippen LogP contribution < -0.4 is 0 Å². The average Bonchev–Trinajstić information content (AvgIpc) is 2.56. The zero-order valence-electron chi connectivity index (χ0n) is 12.2. The molecule has 0 saturated heterocycles. The quantitative estimate of drug-likeness (QED) is 0.724. The van der Waals surface area contributed by atoms with Gasteiger partial charge in [0.2, 0.25) is 6.29 Å². The van der Waals surface area contributed by atoms with Gasteiger partial charge in [0.05, 0.1) is 0 Å². The summed E-state index contributed by atoms with van der Waals surface area (Å²) in [6.45, 7) is 0. The van der Waals surface area contributed by atoms with E-state index in [1.54, 1.807) is 6.08 Å². The fourth-order valence-corrected chi connectivity index (χ4v) is 2.05. The molecule has 2 nitrogen and oxygen atoms in total. The highest BCUT2D eigenvalue weighted by Gasteiger charge is 2.03. The molecule has 0 aliphatic rings. The Morgan fingerprint density at radius 1 is 0.955 bits per heavy atom. The van der Waals surface area contributed by atoms with E-state index in [0.717, 1.165) is 11.1 Å². The predicted octanol–water partition coefficient (Wildman–Crippen LogP) is 3.94. The van der Waals surface area contributed by atoms with Crippen molar-refractivity contribution in [2.45, 2.75) is 12.8 Å². The maximum Gasteiger partial charge on any atom is 0.229 e. The van der Waals surface area contributed by atoms with E-state index in [1.807, 2.05) is 73.0 Å². The molecule has 0 unspecified atom stereocenters. The summed E-state index contributed by atoms with van der Waals surface area (Å²) in [7, 11) is 0. The van der Waals surface area contributed by atoms with Gasteiger partial charge in [-0.2, -0.15) is 0 Å². The van der Waals surface area contributed by atoms with Crippen molar-refractivity contribution < 1.29 is 9.59 Å². The van der Waals surface area contributed by atoms with Crippen LogP contribution in [0.15, 0.2) is 78.4 Å². The predicted molar refractivity (Wildman–Crippen MR) is 89.0 cm³/mol. The molecule has 109 valence electrons. The molecular formula is C20H17O2. The number of hydrogen-bond acceptors (Lipinski definition) is 2. The molecular weight excluding hydrogens is 272 g/mol. The van der Waals surface area contributed by atoms with Crippen molar-refractivity contribution in [3.8, 4) is 0 Å². The van der Waals surface area contributed by atoms with Gasteiger partial charge in [0.25, 0.3) is 0 Å². The summed E-state index contributed by atoms with van der Waals surface area (Å²) >= 11 is 0. The Labute approximate surface area is 130 Å². The highest BCUT2D eigenvalue weighted by Crippen LogP contribution is 2.09. The van der Waals surface area contributed by atoms with E-state index in [9.17, 15) is 9.59 Å². The molecule has 2 aromatic rings. The van der Waals surface area contributed by atoms with Gasteiger partial charge in [0.1, 0.15) is 0 Å². The zero-order valence-corrected chi connectivity index (χ0v) is 12.2.